The SMILES string of the molecule is COC(C)c1cccc(C(=O)c2ccccc2)c1. The summed E-state index contributed by atoms with van der Waals surface area (Å²) >= 11 is 0. The molecule has 2 aromatic carbocycles. The van der Waals surface area contributed by atoms with Gasteiger partial charge < -0.3 is 4.74 Å². The van der Waals surface area contributed by atoms with Gasteiger partial charge in [-0.05, 0) is 18.6 Å². The van der Waals surface area contributed by atoms with Gasteiger partial charge >= 0.3 is 0 Å². The molecule has 0 aromatic heterocycles. The van der Waals surface area contributed by atoms with Crippen LogP contribution in [0.3, 0.4) is 0 Å². The molecule has 0 amide bonds. The Bertz CT molecular complexity index is 532. The van der Waals surface area contributed by atoms with Gasteiger partial charge in [-0.2, -0.15) is 0 Å². The van der Waals surface area contributed by atoms with Crippen molar-refractivity contribution in [1.29, 1.82) is 0 Å². The molecule has 0 aliphatic heterocycles. The topological polar surface area (TPSA) is 26.3 Å². The largest absolute Gasteiger partial charge is 0.377 e. The second kappa shape index (κ2) is 5.61. The van der Waals surface area contributed by atoms with Crippen LogP contribution in [0.25, 0.3) is 0 Å². The minimum atomic E-state index is -0.00600. The van der Waals surface area contributed by atoms with E-state index in [1.807, 2.05) is 61.5 Å². The van der Waals surface area contributed by atoms with E-state index in [-0.39, 0.29) is 11.9 Å². The van der Waals surface area contributed by atoms with Crippen LogP contribution in [0.1, 0.15) is 34.5 Å². The number of methoxy groups -OCH3 is 1. The van der Waals surface area contributed by atoms with Gasteiger partial charge in [0.25, 0.3) is 0 Å². The number of carbonyl (C=O) groups excluding carboxylic acids is 1. The lowest BCUT2D eigenvalue weighted by molar-refractivity contribution is 0.103. The number of hydrogen-bond acceptors (Lipinski definition) is 2. The van der Waals surface area contributed by atoms with Crippen molar-refractivity contribution in [3.63, 3.8) is 0 Å². The molecule has 0 aliphatic carbocycles. The van der Waals surface area contributed by atoms with Crippen molar-refractivity contribution in [1.82, 2.24) is 0 Å². The molecule has 0 radical (unpaired) electrons. The third kappa shape index (κ3) is 2.66. The molecule has 0 aliphatic rings. The average Bonchev–Trinajstić information content (AvgIpc) is 2.46. The van der Waals surface area contributed by atoms with Crippen LogP contribution >= 0.6 is 0 Å². The van der Waals surface area contributed by atoms with Crippen molar-refractivity contribution in [2.75, 3.05) is 7.11 Å². The fourth-order valence-corrected chi connectivity index (χ4v) is 1.83. The molecule has 1 unspecified atom stereocenters. The van der Waals surface area contributed by atoms with Crippen molar-refractivity contribution >= 4 is 5.78 Å². The molecule has 1 atom stereocenters. The maximum absolute atomic E-state index is 12.3. The molecule has 0 saturated heterocycles. The molecule has 0 fully saturated rings. The van der Waals surface area contributed by atoms with Gasteiger partial charge in [0.05, 0.1) is 6.10 Å². The Hall–Kier alpha value is -1.93. The lowest BCUT2D eigenvalue weighted by Crippen LogP contribution is -2.03. The van der Waals surface area contributed by atoms with Gasteiger partial charge in [-0.25, -0.2) is 0 Å². The molecular weight excluding hydrogens is 224 g/mol. The summed E-state index contributed by atoms with van der Waals surface area (Å²) in [6.45, 7) is 1.96. The van der Waals surface area contributed by atoms with Crippen LogP contribution in [-0.2, 0) is 4.74 Å². The molecule has 2 aromatic rings. The molecule has 2 nitrogen and oxygen atoms in total. The van der Waals surface area contributed by atoms with E-state index in [1.54, 1.807) is 7.11 Å². The van der Waals surface area contributed by atoms with E-state index in [1.165, 1.54) is 0 Å². The van der Waals surface area contributed by atoms with Crippen molar-refractivity contribution in [2.24, 2.45) is 0 Å². The first kappa shape index (κ1) is 12.5. The average molecular weight is 240 g/mol. The highest BCUT2D eigenvalue weighted by molar-refractivity contribution is 6.09. The smallest absolute Gasteiger partial charge is 0.193 e. The summed E-state index contributed by atoms with van der Waals surface area (Å²) in [5.41, 5.74) is 2.42. The third-order valence-corrected chi connectivity index (χ3v) is 3.01. The zero-order chi connectivity index (χ0) is 13.0. The zero-order valence-electron chi connectivity index (χ0n) is 10.6. The van der Waals surface area contributed by atoms with Crippen LogP contribution < -0.4 is 0 Å². The van der Waals surface area contributed by atoms with Crippen molar-refractivity contribution in [3.8, 4) is 0 Å². The Kier molecular flexibility index (Phi) is 3.90. The minimum Gasteiger partial charge on any atom is -0.377 e. The summed E-state index contributed by atoms with van der Waals surface area (Å²) in [5.74, 6) is 0.0424. The van der Waals surface area contributed by atoms with Crippen molar-refractivity contribution in [2.45, 2.75) is 13.0 Å². The minimum absolute atomic E-state index is 0.00600. The molecule has 0 bridgehead atoms. The van der Waals surface area contributed by atoms with Gasteiger partial charge in [-0.1, -0.05) is 48.5 Å². The Morgan fingerprint density at radius 2 is 1.67 bits per heavy atom. The molecule has 18 heavy (non-hydrogen) atoms. The molecule has 2 rings (SSSR count). The first-order chi connectivity index (χ1) is 8.72. The maximum Gasteiger partial charge on any atom is 0.193 e. The molecule has 0 saturated carbocycles. The van der Waals surface area contributed by atoms with Gasteiger partial charge in [0.2, 0.25) is 0 Å². The predicted molar refractivity (Wildman–Crippen MR) is 71.7 cm³/mol. The van der Waals surface area contributed by atoms with E-state index >= 15 is 0 Å². The Balaban J connectivity index is 2.32. The summed E-state index contributed by atoms with van der Waals surface area (Å²) in [5, 5.41) is 0. The number of ketones is 1. The Labute approximate surface area is 107 Å². The van der Waals surface area contributed by atoms with E-state index in [9.17, 15) is 4.79 Å². The first-order valence-electron chi connectivity index (χ1n) is 5.95. The maximum atomic E-state index is 12.3. The van der Waals surface area contributed by atoms with Gasteiger partial charge in [0, 0.05) is 18.2 Å². The predicted octanol–water partition coefficient (Wildman–Crippen LogP) is 3.63. The summed E-state index contributed by atoms with van der Waals surface area (Å²) in [7, 11) is 1.66. The van der Waals surface area contributed by atoms with Crippen LogP contribution in [0.15, 0.2) is 54.6 Å². The number of rotatable bonds is 4. The van der Waals surface area contributed by atoms with Crippen LogP contribution in [-0.4, -0.2) is 12.9 Å². The monoisotopic (exact) mass is 240 g/mol. The molecule has 0 N–H and O–H groups in total. The van der Waals surface area contributed by atoms with E-state index in [2.05, 4.69) is 0 Å². The lowest BCUT2D eigenvalue weighted by atomic mass is 10.00. The second-order valence-corrected chi connectivity index (χ2v) is 4.20. The standard InChI is InChI=1S/C16H16O2/c1-12(18-2)14-9-6-10-15(11-14)16(17)13-7-4-3-5-8-13/h3-12H,1-2H3. The van der Waals surface area contributed by atoms with Gasteiger partial charge in [-0.15, -0.1) is 0 Å². The van der Waals surface area contributed by atoms with E-state index in [4.69, 9.17) is 4.74 Å². The van der Waals surface area contributed by atoms with Gasteiger partial charge in [0.15, 0.2) is 5.78 Å². The zero-order valence-corrected chi connectivity index (χ0v) is 10.6. The second-order valence-electron chi connectivity index (χ2n) is 4.20. The summed E-state index contributed by atoms with van der Waals surface area (Å²) in [4.78, 5) is 12.3. The lowest BCUT2D eigenvalue weighted by Gasteiger charge is -2.10. The highest BCUT2D eigenvalue weighted by Gasteiger charge is 2.11. The van der Waals surface area contributed by atoms with Crippen LogP contribution in [0.4, 0.5) is 0 Å². The molecule has 92 valence electrons. The first-order valence-corrected chi connectivity index (χ1v) is 5.95. The fourth-order valence-electron chi connectivity index (χ4n) is 1.83. The Morgan fingerprint density at radius 1 is 1.00 bits per heavy atom. The summed E-state index contributed by atoms with van der Waals surface area (Å²) < 4.78 is 5.27. The number of benzene rings is 2. The molecular formula is C16H16O2. The van der Waals surface area contributed by atoms with E-state index in [0.717, 1.165) is 5.56 Å². The fraction of sp³-hybridized carbons (Fsp3) is 0.188. The number of carbonyl (C=O) groups is 1. The van der Waals surface area contributed by atoms with Gasteiger partial charge in [0.1, 0.15) is 0 Å². The van der Waals surface area contributed by atoms with Crippen molar-refractivity contribution < 1.29 is 9.53 Å². The van der Waals surface area contributed by atoms with E-state index in [0.29, 0.717) is 11.1 Å². The number of ether oxygens (including phenoxy) is 1. The van der Waals surface area contributed by atoms with Crippen LogP contribution in [0, 0.1) is 0 Å². The highest BCUT2D eigenvalue weighted by atomic mass is 16.5. The molecule has 0 heterocycles. The van der Waals surface area contributed by atoms with Crippen LogP contribution in [0.5, 0.6) is 0 Å². The van der Waals surface area contributed by atoms with Gasteiger partial charge in [-0.3, -0.25) is 4.79 Å². The number of hydrogen-bond donors (Lipinski definition) is 0. The molecule has 0 spiro atoms. The highest BCUT2D eigenvalue weighted by Crippen LogP contribution is 2.18. The Morgan fingerprint density at radius 3 is 2.33 bits per heavy atom. The van der Waals surface area contributed by atoms with E-state index < -0.39 is 0 Å². The summed E-state index contributed by atoms with van der Waals surface area (Å²) in [6, 6.07) is 16.9. The normalized spacial score (nSPS) is 12.1. The third-order valence-electron chi connectivity index (χ3n) is 3.01. The quantitative estimate of drug-likeness (QED) is 0.763. The van der Waals surface area contributed by atoms with Crippen LogP contribution in [0.2, 0.25) is 0 Å². The molecule has 2 heteroatoms. The summed E-state index contributed by atoms with van der Waals surface area (Å²) in [6.07, 6.45) is -0.00600. The van der Waals surface area contributed by atoms with Crippen molar-refractivity contribution in [3.05, 3.63) is 71.3 Å².